The summed E-state index contributed by atoms with van der Waals surface area (Å²) < 4.78 is 1.96. The molecule has 1 heterocycles. The van der Waals surface area contributed by atoms with Gasteiger partial charge in [-0.2, -0.15) is 5.10 Å². The Morgan fingerprint density at radius 1 is 1.22 bits per heavy atom. The molecule has 3 nitrogen and oxygen atoms in total. The maximum atomic E-state index is 6.09. The Bertz CT molecular complexity index is 573. The number of nitrogens with two attached hydrogens (primary N) is 1. The van der Waals surface area contributed by atoms with Gasteiger partial charge in [0.2, 0.25) is 0 Å². The molecule has 2 N–H and O–H groups in total. The minimum Gasteiger partial charge on any atom is -0.395 e. The molecule has 0 aliphatic rings. The summed E-state index contributed by atoms with van der Waals surface area (Å²) in [5, 5.41) is 5.48. The Morgan fingerprint density at radius 2 is 1.94 bits per heavy atom. The topological polar surface area (TPSA) is 43.8 Å². The zero-order chi connectivity index (χ0) is 13.3. The van der Waals surface area contributed by atoms with E-state index in [4.69, 9.17) is 5.73 Å². The van der Waals surface area contributed by atoms with Crippen molar-refractivity contribution >= 4 is 17.4 Å². The van der Waals surface area contributed by atoms with E-state index in [-0.39, 0.29) is 0 Å². The van der Waals surface area contributed by atoms with Gasteiger partial charge in [0, 0.05) is 11.4 Å². The molecule has 2 rings (SSSR count). The van der Waals surface area contributed by atoms with Crippen molar-refractivity contribution in [3.05, 3.63) is 35.0 Å². The van der Waals surface area contributed by atoms with Crippen molar-refractivity contribution in [3.8, 4) is 0 Å². The van der Waals surface area contributed by atoms with E-state index >= 15 is 0 Å². The molecule has 0 saturated heterocycles. The van der Waals surface area contributed by atoms with Gasteiger partial charge >= 0.3 is 0 Å². The van der Waals surface area contributed by atoms with Gasteiger partial charge in [0.05, 0.1) is 11.4 Å². The molecule has 18 heavy (non-hydrogen) atoms. The van der Waals surface area contributed by atoms with Gasteiger partial charge in [-0.15, -0.1) is 0 Å². The number of nitrogens with zero attached hydrogens (tertiary/aromatic N) is 2. The molecule has 1 aromatic carbocycles. The number of aryl methyl sites for hydroxylation is 4. The van der Waals surface area contributed by atoms with E-state index in [1.54, 1.807) is 11.8 Å². The van der Waals surface area contributed by atoms with Crippen LogP contribution in [0, 0.1) is 20.8 Å². The highest BCUT2D eigenvalue weighted by Gasteiger charge is 2.13. The number of hydrogen-bond donors (Lipinski definition) is 1. The monoisotopic (exact) mass is 261 g/mol. The van der Waals surface area contributed by atoms with Gasteiger partial charge in [-0.1, -0.05) is 17.8 Å². The summed E-state index contributed by atoms with van der Waals surface area (Å²) in [6.07, 6.45) is 0. The largest absolute Gasteiger partial charge is 0.395 e. The van der Waals surface area contributed by atoms with Crippen LogP contribution in [0.1, 0.15) is 23.7 Å². The molecule has 2 aromatic rings. The Hall–Kier alpha value is -1.42. The van der Waals surface area contributed by atoms with Crippen LogP contribution in [0.3, 0.4) is 0 Å². The van der Waals surface area contributed by atoms with E-state index in [0.29, 0.717) is 0 Å². The van der Waals surface area contributed by atoms with Crippen molar-refractivity contribution < 1.29 is 0 Å². The van der Waals surface area contributed by atoms with Gasteiger partial charge in [0.15, 0.2) is 0 Å². The Morgan fingerprint density at radius 3 is 2.56 bits per heavy atom. The number of anilines is 1. The highest BCUT2D eigenvalue weighted by atomic mass is 32.2. The van der Waals surface area contributed by atoms with Crippen molar-refractivity contribution in [2.75, 3.05) is 5.73 Å². The van der Waals surface area contributed by atoms with Gasteiger partial charge in [-0.05, 0) is 51.0 Å². The highest BCUT2D eigenvalue weighted by molar-refractivity contribution is 7.99. The number of benzene rings is 1. The molecule has 1 aromatic heterocycles. The molecule has 0 spiro atoms. The lowest BCUT2D eigenvalue weighted by Crippen LogP contribution is -1.99. The van der Waals surface area contributed by atoms with E-state index in [9.17, 15) is 0 Å². The van der Waals surface area contributed by atoms with Crippen LogP contribution >= 0.6 is 11.8 Å². The second-order valence-electron chi connectivity index (χ2n) is 4.47. The molecule has 96 valence electrons. The van der Waals surface area contributed by atoms with Crippen LogP contribution in [0.2, 0.25) is 0 Å². The van der Waals surface area contributed by atoms with Crippen molar-refractivity contribution in [3.63, 3.8) is 0 Å². The minimum absolute atomic E-state index is 0.792. The quantitative estimate of drug-likeness (QED) is 0.918. The molecule has 0 atom stereocenters. The van der Waals surface area contributed by atoms with E-state index in [1.165, 1.54) is 16.0 Å². The van der Waals surface area contributed by atoms with Crippen LogP contribution in [0.25, 0.3) is 0 Å². The second-order valence-corrected chi connectivity index (χ2v) is 5.53. The zero-order valence-corrected chi connectivity index (χ0v) is 12.1. The zero-order valence-electron chi connectivity index (χ0n) is 11.3. The van der Waals surface area contributed by atoms with Gasteiger partial charge < -0.3 is 5.73 Å². The number of hydrogen-bond acceptors (Lipinski definition) is 3. The second kappa shape index (κ2) is 5.06. The molecule has 0 amide bonds. The lowest BCUT2D eigenvalue weighted by molar-refractivity contribution is 0.602. The normalized spacial score (nSPS) is 10.9. The van der Waals surface area contributed by atoms with Gasteiger partial charge in [-0.25, -0.2) is 0 Å². The number of nitrogen functional groups attached to an aromatic ring is 1. The third-order valence-electron chi connectivity index (χ3n) is 3.12. The molecule has 0 bridgehead atoms. The summed E-state index contributed by atoms with van der Waals surface area (Å²) in [7, 11) is 0. The summed E-state index contributed by atoms with van der Waals surface area (Å²) in [5.74, 6) is 0. The van der Waals surface area contributed by atoms with E-state index in [1.807, 2.05) is 11.6 Å². The summed E-state index contributed by atoms with van der Waals surface area (Å²) >= 11 is 1.68. The SMILES string of the molecule is CCn1nc(C)c(N)c1Sc1ccc(C)c(C)c1. The number of aromatic nitrogens is 2. The lowest BCUT2D eigenvalue weighted by atomic mass is 10.1. The Kier molecular flexibility index (Phi) is 3.66. The predicted molar refractivity (Wildman–Crippen MR) is 77.1 cm³/mol. The van der Waals surface area contributed by atoms with Crippen LogP contribution in [-0.4, -0.2) is 9.78 Å². The summed E-state index contributed by atoms with van der Waals surface area (Å²) in [4.78, 5) is 1.21. The molecule has 0 fully saturated rings. The van der Waals surface area contributed by atoms with Crippen molar-refractivity contribution in [1.82, 2.24) is 9.78 Å². The molecule has 0 aliphatic carbocycles. The summed E-state index contributed by atoms with van der Waals surface area (Å²) in [6, 6.07) is 6.48. The Balaban J connectivity index is 2.36. The molecule has 0 radical (unpaired) electrons. The maximum Gasteiger partial charge on any atom is 0.122 e. The van der Waals surface area contributed by atoms with Crippen LogP contribution in [0.4, 0.5) is 5.69 Å². The third-order valence-corrected chi connectivity index (χ3v) is 4.23. The standard InChI is InChI=1S/C14H19N3S/c1-5-17-14(13(15)11(4)16-17)18-12-7-6-9(2)10(3)8-12/h6-8H,5,15H2,1-4H3. The van der Waals surface area contributed by atoms with Crippen LogP contribution in [0.15, 0.2) is 28.1 Å². The van der Waals surface area contributed by atoms with Crippen LogP contribution < -0.4 is 5.73 Å². The van der Waals surface area contributed by atoms with Crippen LogP contribution in [0.5, 0.6) is 0 Å². The first-order valence-electron chi connectivity index (χ1n) is 6.11. The van der Waals surface area contributed by atoms with Gasteiger partial charge in [0.25, 0.3) is 0 Å². The molecule has 0 saturated carbocycles. The average Bonchev–Trinajstić information content (AvgIpc) is 2.61. The molecule has 4 heteroatoms. The first-order chi connectivity index (χ1) is 8.52. The molecule has 0 unspecified atom stereocenters. The van der Waals surface area contributed by atoms with Crippen molar-refractivity contribution in [2.45, 2.75) is 44.2 Å². The van der Waals surface area contributed by atoms with Crippen LogP contribution in [-0.2, 0) is 6.54 Å². The minimum atomic E-state index is 0.792. The maximum absolute atomic E-state index is 6.09. The fourth-order valence-electron chi connectivity index (χ4n) is 1.79. The van der Waals surface area contributed by atoms with Gasteiger partial charge in [0.1, 0.15) is 5.03 Å². The predicted octanol–water partition coefficient (Wildman–Crippen LogP) is 3.56. The molecule has 0 aliphatic heterocycles. The van der Waals surface area contributed by atoms with E-state index < -0.39 is 0 Å². The van der Waals surface area contributed by atoms with Gasteiger partial charge in [-0.3, -0.25) is 4.68 Å². The summed E-state index contributed by atoms with van der Waals surface area (Å²) in [5.41, 5.74) is 10.4. The first-order valence-corrected chi connectivity index (χ1v) is 6.92. The smallest absolute Gasteiger partial charge is 0.122 e. The average molecular weight is 261 g/mol. The van der Waals surface area contributed by atoms with Crippen molar-refractivity contribution in [1.29, 1.82) is 0 Å². The Labute approximate surface area is 112 Å². The molecular formula is C14H19N3S. The fourth-order valence-corrected chi connectivity index (χ4v) is 2.91. The van der Waals surface area contributed by atoms with E-state index in [0.717, 1.165) is 23.0 Å². The summed E-state index contributed by atoms with van der Waals surface area (Å²) in [6.45, 7) is 9.12. The van der Waals surface area contributed by atoms with E-state index in [2.05, 4.69) is 44.1 Å². The molecular weight excluding hydrogens is 242 g/mol. The fraction of sp³-hybridized carbons (Fsp3) is 0.357. The first kappa shape index (κ1) is 13.0. The number of rotatable bonds is 3. The van der Waals surface area contributed by atoms with Crippen molar-refractivity contribution in [2.24, 2.45) is 0 Å². The lowest BCUT2D eigenvalue weighted by Gasteiger charge is -2.07. The third kappa shape index (κ3) is 2.38. The highest BCUT2D eigenvalue weighted by Crippen LogP contribution is 2.34.